The first kappa shape index (κ1) is 58.8. The SMILES string of the molecule is CCCCCCCC/C=C\CCCCCCCC(=O)OC(COC(=O)CCCCCCCCCCCCCCC)CO[P+]([O])([O-])OCC[N+](C)(C)C1CC(C)(C)N([O-])C(C)(C)C1. The van der Waals surface area contributed by atoms with Crippen molar-refractivity contribution in [2.24, 2.45) is 0 Å². The molecule has 1 atom stereocenters. The largest absolute Gasteiger partial charge is 0.784 e. The molecule has 0 aromatic carbocycles. The Balaban J connectivity index is 2.53. The molecular weight excluding hydrogens is 804 g/mol. The van der Waals surface area contributed by atoms with Gasteiger partial charge in [0.25, 0.3) is 0 Å². The van der Waals surface area contributed by atoms with Gasteiger partial charge in [-0.2, -0.15) is 9.05 Å². The lowest BCUT2D eigenvalue weighted by Gasteiger charge is -2.61. The number of hydrogen-bond donors (Lipinski definition) is 0. The minimum atomic E-state index is -4.78. The molecule has 0 aromatic rings. The minimum absolute atomic E-state index is 0.111. The normalized spacial score (nSPS) is 17.3. The fourth-order valence-electron chi connectivity index (χ4n) is 8.73. The molecule has 0 saturated carbocycles. The molecule has 0 aromatic heterocycles. The summed E-state index contributed by atoms with van der Waals surface area (Å²) in [6, 6.07) is 0.126. The summed E-state index contributed by atoms with van der Waals surface area (Å²) in [7, 11) is -0.731. The Kier molecular flexibility index (Phi) is 32.4. The number of likely N-dealkylation sites (N-methyl/N-ethyl adjacent to an activating group) is 1. The van der Waals surface area contributed by atoms with Crippen molar-refractivity contribution < 1.29 is 42.4 Å². The van der Waals surface area contributed by atoms with Gasteiger partial charge in [0.2, 0.25) is 0 Å². The molecule has 1 unspecified atom stereocenters. The third-order valence-corrected chi connectivity index (χ3v) is 13.7. The fourth-order valence-corrected chi connectivity index (χ4v) is 9.46. The highest BCUT2D eigenvalue weighted by atomic mass is 31.2. The van der Waals surface area contributed by atoms with Crippen molar-refractivity contribution >= 4 is 20.1 Å². The summed E-state index contributed by atoms with van der Waals surface area (Å²) < 4.78 is 22.1. The highest BCUT2D eigenvalue weighted by Gasteiger charge is 2.46. The lowest BCUT2D eigenvalue weighted by atomic mass is 9.77. The first-order chi connectivity index (χ1) is 29.5. The van der Waals surface area contributed by atoms with Gasteiger partial charge < -0.3 is 29.1 Å². The Labute approximate surface area is 381 Å². The molecule has 12 heteroatoms. The van der Waals surface area contributed by atoms with Crippen LogP contribution in [0.1, 0.15) is 234 Å². The Morgan fingerprint density at radius 1 is 0.645 bits per heavy atom. The molecule has 1 fully saturated rings. The van der Waals surface area contributed by atoms with Crippen molar-refractivity contribution in [3.05, 3.63) is 17.4 Å². The van der Waals surface area contributed by atoms with Gasteiger partial charge in [0.15, 0.2) is 6.10 Å². The summed E-state index contributed by atoms with van der Waals surface area (Å²) in [5.41, 5.74) is -1.10. The first-order valence-corrected chi connectivity index (χ1v) is 26.8. The molecule has 0 aliphatic carbocycles. The second kappa shape index (κ2) is 34.2. The van der Waals surface area contributed by atoms with Crippen molar-refractivity contribution in [3.63, 3.8) is 0 Å². The number of rotatable bonds is 40. The van der Waals surface area contributed by atoms with E-state index in [1.165, 1.54) is 108 Å². The number of hydrogen-bond acceptors (Lipinski definition) is 9. The quantitative estimate of drug-likeness (QED) is 0.0193. The van der Waals surface area contributed by atoms with E-state index in [0.29, 0.717) is 30.3 Å². The average Bonchev–Trinajstić information content (AvgIpc) is 3.20. The number of unbranched alkanes of at least 4 members (excludes halogenated alkanes) is 23. The van der Waals surface area contributed by atoms with Crippen molar-refractivity contribution in [2.75, 3.05) is 40.5 Å². The highest BCUT2D eigenvalue weighted by Crippen LogP contribution is 2.49. The van der Waals surface area contributed by atoms with E-state index in [-0.39, 0.29) is 32.1 Å². The van der Waals surface area contributed by atoms with Crippen LogP contribution in [0.3, 0.4) is 0 Å². The van der Waals surface area contributed by atoms with Crippen LogP contribution in [0.25, 0.3) is 0 Å². The maximum absolute atomic E-state index is 12.9. The van der Waals surface area contributed by atoms with Gasteiger partial charge in [0, 0.05) is 41.7 Å². The number of ether oxygens (including phenoxy) is 2. The molecule has 1 aliphatic heterocycles. The number of carbonyl (C=O) groups is 2. The van der Waals surface area contributed by atoms with E-state index >= 15 is 0 Å². The van der Waals surface area contributed by atoms with E-state index in [0.717, 1.165) is 57.8 Å². The smallest absolute Gasteiger partial charge is 0.426 e. The number of quaternary nitrogens is 1. The van der Waals surface area contributed by atoms with Crippen LogP contribution in [0, 0.1) is 5.21 Å². The second-order valence-corrected chi connectivity index (χ2v) is 21.6. The van der Waals surface area contributed by atoms with Crippen LogP contribution in [-0.4, -0.2) is 85.2 Å². The van der Waals surface area contributed by atoms with E-state index < -0.39 is 43.9 Å². The zero-order valence-electron chi connectivity index (χ0n) is 41.4. The molecule has 1 aliphatic rings. The van der Waals surface area contributed by atoms with Crippen LogP contribution in [0.15, 0.2) is 12.2 Å². The lowest BCUT2D eigenvalue weighted by molar-refractivity contribution is -0.918. The third-order valence-electron chi connectivity index (χ3n) is 12.7. The summed E-state index contributed by atoms with van der Waals surface area (Å²) in [5, 5.41) is 14.1. The minimum Gasteiger partial charge on any atom is -0.784 e. The zero-order chi connectivity index (χ0) is 46.2. The number of allylic oxidation sites excluding steroid dienone is 2. The van der Waals surface area contributed by atoms with Gasteiger partial charge in [-0.25, -0.2) is 0 Å². The van der Waals surface area contributed by atoms with Crippen LogP contribution >= 0.6 is 8.17 Å². The number of carbonyl (C=O) groups excluding carboxylic acids is 2. The Morgan fingerprint density at radius 3 is 1.50 bits per heavy atom. The Bertz CT molecular complexity index is 1150. The number of esters is 2. The van der Waals surface area contributed by atoms with Gasteiger partial charge in [-0.1, -0.05) is 154 Å². The number of hydroxylamine groups is 2. The standard InChI is InChI=1S/C50H96N2O9P/c1-9-11-13-15-17-19-21-23-24-26-28-30-32-34-36-38-48(54)61-46(43-58-47(53)37-35-33-31-29-27-25-22-20-18-16-14-12-10-2)44-60-62(56,57)59-40-39-52(7,8)45-41-49(3,4)51(55)50(5,6)42-45/h23-24,45-46H,9-22,25-44H2,1-8H3/b24-23-. The Morgan fingerprint density at radius 2 is 1.05 bits per heavy atom. The second-order valence-electron chi connectivity index (χ2n) is 20.2. The summed E-state index contributed by atoms with van der Waals surface area (Å²) in [4.78, 5) is 51.4. The molecule has 1 heterocycles. The molecule has 365 valence electrons. The third kappa shape index (κ3) is 29.4. The van der Waals surface area contributed by atoms with E-state index in [1.54, 1.807) is 0 Å². The van der Waals surface area contributed by atoms with E-state index in [2.05, 4.69) is 26.0 Å². The number of piperidine rings is 1. The van der Waals surface area contributed by atoms with Gasteiger partial charge in [0.05, 0.1) is 20.1 Å². The summed E-state index contributed by atoms with van der Waals surface area (Å²) in [6.45, 7) is 11.8. The topological polar surface area (TPSA) is 140 Å². The molecule has 11 nitrogen and oxygen atoms in total. The molecule has 1 radical (unpaired) electrons. The summed E-state index contributed by atoms with van der Waals surface area (Å²) in [6.07, 6.45) is 36.0. The average molecular weight is 900 g/mol. The molecule has 1 rings (SSSR count). The van der Waals surface area contributed by atoms with Crippen LogP contribution in [0.4, 0.5) is 0 Å². The monoisotopic (exact) mass is 900 g/mol. The molecule has 0 N–H and O–H groups in total. The van der Waals surface area contributed by atoms with Crippen LogP contribution in [-0.2, 0) is 33.0 Å². The van der Waals surface area contributed by atoms with E-state index in [4.69, 9.17) is 18.5 Å². The van der Waals surface area contributed by atoms with Gasteiger partial charge in [-0.05, 0) is 66.2 Å². The van der Waals surface area contributed by atoms with E-state index in [1.807, 2.05) is 41.8 Å². The highest BCUT2D eigenvalue weighted by molar-refractivity contribution is 7.52. The van der Waals surface area contributed by atoms with Crippen LogP contribution in [0.2, 0.25) is 0 Å². The molecular formula is C50H96N2O9P. The van der Waals surface area contributed by atoms with Crippen molar-refractivity contribution in [1.82, 2.24) is 5.06 Å². The molecule has 1 saturated heterocycles. The lowest BCUT2D eigenvalue weighted by Crippen LogP contribution is -2.65. The maximum atomic E-state index is 12.9. The molecule has 0 amide bonds. The van der Waals surface area contributed by atoms with Gasteiger partial charge in [-0.15, -0.1) is 0 Å². The van der Waals surface area contributed by atoms with Crippen LogP contribution in [0.5, 0.6) is 0 Å². The number of nitrogens with zero attached hydrogens (tertiary/aromatic N) is 2. The van der Waals surface area contributed by atoms with Crippen molar-refractivity contribution in [1.29, 1.82) is 0 Å². The van der Waals surface area contributed by atoms with Gasteiger partial charge in [-0.3, -0.25) is 9.59 Å². The maximum Gasteiger partial charge on any atom is 0.426 e. The van der Waals surface area contributed by atoms with E-state index in [9.17, 15) is 24.6 Å². The fraction of sp³-hybridized carbons (Fsp3) is 0.920. The molecule has 0 spiro atoms. The predicted octanol–water partition coefficient (Wildman–Crippen LogP) is 13.1. The summed E-state index contributed by atoms with van der Waals surface area (Å²) in [5.74, 6) is -0.874. The Hall–Kier alpha value is -1.17. The molecule has 62 heavy (non-hydrogen) atoms. The van der Waals surface area contributed by atoms with Crippen molar-refractivity contribution in [3.8, 4) is 0 Å². The predicted molar refractivity (Wildman–Crippen MR) is 253 cm³/mol. The zero-order valence-corrected chi connectivity index (χ0v) is 42.3. The van der Waals surface area contributed by atoms with Gasteiger partial charge >= 0.3 is 20.1 Å². The first-order valence-electron chi connectivity index (χ1n) is 25.4. The van der Waals surface area contributed by atoms with Crippen molar-refractivity contribution in [2.45, 2.75) is 257 Å². The van der Waals surface area contributed by atoms with Gasteiger partial charge in [0.1, 0.15) is 26.4 Å². The molecule has 0 bridgehead atoms. The summed E-state index contributed by atoms with van der Waals surface area (Å²) >= 11 is 0. The van der Waals surface area contributed by atoms with Crippen LogP contribution < -0.4 is 4.89 Å².